The van der Waals surface area contributed by atoms with E-state index < -0.39 is 11.7 Å². The fourth-order valence-corrected chi connectivity index (χ4v) is 3.83. The summed E-state index contributed by atoms with van der Waals surface area (Å²) in [6, 6.07) is 11.8. The van der Waals surface area contributed by atoms with Crippen molar-refractivity contribution < 1.29 is 27.5 Å². The highest BCUT2D eigenvalue weighted by Gasteiger charge is 2.32. The number of piperidine rings is 1. The van der Waals surface area contributed by atoms with Gasteiger partial charge >= 0.3 is 6.18 Å². The third-order valence-corrected chi connectivity index (χ3v) is 5.49. The molecule has 0 N–H and O–H groups in total. The molecule has 0 spiro atoms. The zero-order valence-corrected chi connectivity index (χ0v) is 17.5. The molecule has 0 aliphatic carbocycles. The van der Waals surface area contributed by atoms with Crippen LogP contribution in [0, 0.1) is 0 Å². The molecule has 2 aromatic rings. The minimum atomic E-state index is -4.37. The molecule has 1 fully saturated rings. The van der Waals surface area contributed by atoms with Crippen LogP contribution in [0.2, 0.25) is 0 Å². The van der Waals surface area contributed by atoms with Gasteiger partial charge in [0.2, 0.25) is 5.91 Å². The van der Waals surface area contributed by atoms with Crippen LogP contribution in [0.3, 0.4) is 0 Å². The van der Waals surface area contributed by atoms with Gasteiger partial charge in [0, 0.05) is 18.5 Å². The van der Waals surface area contributed by atoms with Crippen molar-refractivity contribution >= 4 is 11.7 Å². The second kappa shape index (κ2) is 9.98. The van der Waals surface area contributed by atoms with Crippen LogP contribution in [0.15, 0.2) is 48.5 Å². The summed E-state index contributed by atoms with van der Waals surface area (Å²) in [6.45, 7) is 2.43. The number of hydrogen-bond donors (Lipinski definition) is 0. The Balaban J connectivity index is 1.55. The maximum Gasteiger partial charge on any atom is 0.416 e. The van der Waals surface area contributed by atoms with Crippen LogP contribution in [0.25, 0.3) is 0 Å². The number of likely N-dealkylation sites (tertiary alicyclic amines) is 1. The number of ether oxygens (including phenoxy) is 1. The van der Waals surface area contributed by atoms with E-state index in [0.717, 1.165) is 37.0 Å². The van der Waals surface area contributed by atoms with Gasteiger partial charge in [-0.05, 0) is 62.4 Å². The monoisotopic (exact) mass is 433 g/mol. The highest BCUT2D eigenvalue weighted by Crippen LogP contribution is 2.34. The molecule has 1 heterocycles. The number of hydrogen-bond acceptors (Lipinski definition) is 3. The molecule has 0 radical (unpaired) electrons. The summed E-state index contributed by atoms with van der Waals surface area (Å²) in [4.78, 5) is 26.0. The average Bonchev–Trinajstić information content (AvgIpc) is 2.76. The molecule has 166 valence electrons. The van der Waals surface area contributed by atoms with Gasteiger partial charge in [-0.3, -0.25) is 9.59 Å². The number of Topliss-reactive ketones (excluding diaryl/α,β-unsaturated/α-hetero) is 1. The molecule has 0 saturated carbocycles. The van der Waals surface area contributed by atoms with Crippen LogP contribution < -0.4 is 4.74 Å². The molecule has 0 bridgehead atoms. The fraction of sp³-hybridized carbons (Fsp3) is 0.417. The number of halogens is 3. The topological polar surface area (TPSA) is 46.6 Å². The first kappa shape index (κ1) is 22.8. The van der Waals surface area contributed by atoms with Gasteiger partial charge in [-0.1, -0.05) is 24.3 Å². The standard InChI is InChI=1S/C24H26F3NO3/c1-17(29)19-6-4-7-21(16-19)31-15-5-9-23(30)28-14-3-2-8-22(28)18-10-12-20(13-11-18)24(25,26)27/h4,6-7,10-13,16,22H,2-3,5,8-9,14-15H2,1H3. The zero-order valence-electron chi connectivity index (χ0n) is 17.5. The Bertz CT molecular complexity index is 909. The quantitative estimate of drug-likeness (QED) is 0.408. The fourth-order valence-electron chi connectivity index (χ4n) is 3.83. The van der Waals surface area contributed by atoms with Crippen molar-refractivity contribution in [3.05, 3.63) is 65.2 Å². The molecule has 1 aliphatic rings. The van der Waals surface area contributed by atoms with Crippen LogP contribution in [-0.2, 0) is 11.0 Å². The first-order chi connectivity index (χ1) is 14.8. The molecule has 3 rings (SSSR count). The van der Waals surface area contributed by atoms with E-state index in [0.29, 0.717) is 37.3 Å². The van der Waals surface area contributed by atoms with Gasteiger partial charge in [-0.2, -0.15) is 13.2 Å². The zero-order chi connectivity index (χ0) is 22.4. The predicted octanol–water partition coefficient (Wildman–Crippen LogP) is 5.82. The first-order valence-corrected chi connectivity index (χ1v) is 10.5. The molecule has 0 aromatic heterocycles. The maximum absolute atomic E-state index is 12.8. The van der Waals surface area contributed by atoms with Crippen molar-refractivity contribution in [2.75, 3.05) is 13.2 Å². The lowest BCUT2D eigenvalue weighted by Crippen LogP contribution is -2.38. The smallest absolute Gasteiger partial charge is 0.416 e. The lowest BCUT2D eigenvalue weighted by atomic mass is 9.94. The van der Waals surface area contributed by atoms with E-state index in [9.17, 15) is 22.8 Å². The molecule has 7 heteroatoms. The largest absolute Gasteiger partial charge is 0.494 e. The number of amides is 1. The third-order valence-electron chi connectivity index (χ3n) is 5.49. The van der Waals surface area contributed by atoms with Crippen LogP contribution in [0.4, 0.5) is 13.2 Å². The molecule has 1 aliphatic heterocycles. The van der Waals surface area contributed by atoms with Crippen molar-refractivity contribution in [2.24, 2.45) is 0 Å². The highest BCUT2D eigenvalue weighted by atomic mass is 19.4. The van der Waals surface area contributed by atoms with Gasteiger partial charge in [0.05, 0.1) is 18.2 Å². The lowest BCUT2D eigenvalue weighted by molar-refractivity contribution is -0.138. The van der Waals surface area contributed by atoms with E-state index in [1.165, 1.54) is 19.1 Å². The van der Waals surface area contributed by atoms with Gasteiger partial charge in [-0.15, -0.1) is 0 Å². The Morgan fingerprint density at radius 2 is 1.84 bits per heavy atom. The Morgan fingerprint density at radius 1 is 1.10 bits per heavy atom. The van der Waals surface area contributed by atoms with Crippen LogP contribution >= 0.6 is 0 Å². The molecule has 4 nitrogen and oxygen atoms in total. The minimum absolute atomic E-state index is 0.0225. The van der Waals surface area contributed by atoms with E-state index in [-0.39, 0.29) is 17.7 Å². The van der Waals surface area contributed by atoms with E-state index in [1.807, 2.05) is 0 Å². The summed E-state index contributed by atoms with van der Waals surface area (Å²) in [5.41, 5.74) is 0.621. The summed E-state index contributed by atoms with van der Waals surface area (Å²) < 4.78 is 44.2. The number of rotatable bonds is 7. The van der Waals surface area contributed by atoms with E-state index >= 15 is 0 Å². The summed E-state index contributed by atoms with van der Waals surface area (Å²) in [5.74, 6) is 0.520. The van der Waals surface area contributed by atoms with Crippen molar-refractivity contribution in [3.8, 4) is 5.75 Å². The lowest BCUT2D eigenvalue weighted by Gasteiger charge is -2.36. The second-order valence-corrected chi connectivity index (χ2v) is 7.75. The predicted molar refractivity (Wildman–Crippen MR) is 111 cm³/mol. The average molecular weight is 433 g/mol. The van der Waals surface area contributed by atoms with Crippen molar-refractivity contribution in [3.63, 3.8) is 0 Å². The first-order valence-electron chi connectivity index (χ1n) is 10.5. The number of ketones is 1. The Morgan fingerprint density at radius 3 is 2.52 bits per heavy atom. The Hall–Kier alpha value is -2.83. The molecule has 1 unspecified atom stereocenters. The summed E-state index contributed by atoms with van der Waals surface area (Å²) >= 11 is 0. The number of carbonyl (C=O) groups excluding carboxylic acids is 2. The van der Waals surface area contributed by atoms with Crippen molar-refractivity contribution in [1.82, 2.24) is 4.90 Å². The van der Waals surface area contributed by atoms with E-state index in [1.54, 1.807) is 29.2 Å². The maximum atomic E-state index is 12.8. The van der Waals surface area contributed by atoms with E-state index in [2.05, 4.69) is 0 Å². The van der Waals surface area contributed by atoms with Gasteiger partial charge in [0.15, 0.2) is 5.78 Å². The van der Waals surface area contributed by atoms with Gasteiger partial charge in [-0.25, -0.2) is 0 Å². The van der Waals surface area contributed by atoms with Crippen LogP contribution in [0.5, 0.6) is 5.75 Å². The number of benzene rings is 2. The van der Waals surface area contributed by atoms with Crippen LogP contribution in [0.1, 0.15) is 66.6 Å². The highest BCUT2D eigenvalue weighted by molar-refractivity contribution is 5.94. The van der Waals surface area contributed by atoms with Gasteiger partial charge in [0.25, 0.3) is 0 Å². The SMILES string of the molecule is CC(=O)c1cccc(OCCCC(=O)N2CCCCC2c2ccc(C(F)(F)F)cc2)c1. The Labute approximate surface area is 180 Å². The van der Waals surface area contributed by atoms with Gasteiger partial charge < -0.3 is 9.64 Å². The molecular formula is C24H26F3NO3. The number of alkyl halides is 3. The summed E-state index contributed by atoms with van der Waals surface area (Å²) in [5, 5.41) is 0. The Kier molecular flexibility index (Phi) is 7.36. The molecule has 1 saturated heterocycles. The van der Waals surface area contributed by atoms with Gasteiger partial charge in [0.1, 0.15) is 5.75 Å². The summed E-state index contributed by atoms with van der Waals surface area (Å²) in [7, 11) is 0. The second-order valence-electron chi connectivity index (χ2n) is 7.75. The normalized spacial score (nSPS) is 16.8. The minimum Gasteiger partial charge on any atom is -0.494 e. The van der Waals surface area contributed by atoms with E-state index in [4.69, 9.17) is 4.74 Å². The number of nitrogens with zero attached hydrogens (tertiary/aromatic N) is 1. The summed E-state index contributed by atoms with van der Waals surface area (Å²) in [6.07, 6.45) is -0.999. The number of carbonyl (C=O) groups is 2. The van der Waals surface area contributed by atoms with Crippen LogP contribution in [-0.4, -0.2) is 29.7 Å². The van der Waals surface area contributed by atoms with Crippen molar-refractivity contribution in [2.45, 2.75) is 51.2 Å². The molecule has 1 atom stereocenters. The molecule has 2 aromatic carbocycles. The third kappa shape index (κ3) is 6.09. The van der Waals surface area contributed by atoms with Crippen molar-refractivity contribution in [1.29, 1.82) is 0 Å². The molecular weight excluding hydrogens is 407 g/mol. The molecule has 31 heavy (non-hydrogen) atoms. The molecule has 1 amide bonds.